The van der Waals surface area contributed by atoms with Crippen molar-refractivity contribution < 1.29 is 14.3 Å². The van der Waals surface area contributed by atoms with Crippen LogP contribution < -0.4 is 15.2 Å². The van der Waals surface area contributed by atoms with Crippen molar-refractivity contribution in [1.82, 2.24) is 0 Å². The zero-order valence-electron chi connectivity index (χ0n) is 14.4. The smallest absolute Gasteiger partial charge is 0.286 e. The number of aliphatic imine (C=N–C) groups is 1. The molecule has 1 heterocycles. The van der Waals surface area contributed by atoms with Gasteiger partial charge in [-0.25, -0.2) is 0 Å². The Bertz CT molecular complexity index is 945. The standard InChI is InChI=1S/C19H16Cl2N2O3S/c1-2-25-16-8-11(9-17-18(24)23-19(22)27-17)4-6-15(16)26-10-12-3-5-13(20)14(21)7-12/h3-9H,2,10H2,1H3,(H2,22,23,24)/b17-9-. The number of rotatable bonds is 6. The summed E-state index contributed by atoms with van der Waals surface area (Å²) < 4.78 is 11.5. The number of hydrogen-bond donors (Lipinski definition) is 1. The molecule has 2 aromatic rings. The summed E-state index contributed by atoms with van der Waals surface area (Å²) in [5, 5.41) is 1.22. The number of benzene rings is 2. The van der Waals surface area contributed by atoms with Crippen LogP contribution in [-0.2, 0) is 11.4 Å². The lowest BCUT2D eigenvalue weighted by molar-refractivity contribution is -0.113. The average molecular weight is 423 g/mol. The molecule has 3 rings (SSSR count). The molecule has 8 heteroatoms. The number of carbonyl (C=O) groups is 1. The topological polar surface area (TPSA) is 73.9 Å². The Kier molecular flexibility index (Phi) is 6.31. The molecular weight excluding hydrogens is 407 g/mol. The zero-order chi connectivity index (χ0) is 19.4. The van der Waals surface area contributed by atoms with E-state index in [2.05, 4.69) is 4.99 Å². The van der Waals surface area contributed by atoms with Gasteiger partial charge in [0.05, 0.1) is 21.6 Å². The first-order valence-corrected chi connectivity index (χ1v) is 9.65. The predicted octanol–water partition coefficient (Wildman–Crippen LogP) is 4.90. The van der Waals surface area contributed by atoms with Crippen molar-refractivity contribution in [3.63, 3.8) is 0 Å². The van der Waals surface area contributed by atoms with Crippen LogP contribution in [0.15, 0.2) is 46.3 Å². The zero-order valence-corrected chi connectivity index (χ0v) is 16.7. The summed E-state index contributed by atoms with van der Waals surface area (Å²) in [7, 11) is 0. The number of halogens is 2. The second kappa shape index (κ2) is 8.69. The van der Waals surface area contributed by atoms with Gasteiger partial charge in [-0.1, -0.05) is 35.3 Å². The Morgan fingerprint density at radius 3 is 2.59 bits per heavy atom. The third-order valence-corrected chi connectivity index (χ3v) is 5.13. The largest absolute Gasteiger partial charge is 0.490 e. The maximum Gasteiger partial charge on any atom is 0.286 e. The Morgan fingerprint density at radius 1 is 1.11 bits per heavy atom. The van der Waals surface area contributed by atoms with E-state index in [0.717, 1.165) is 22.9 Å². The molecule has 0 spiro atoms. The lowest BCUT2D eigenvalue weighted by atomic mass is 10.2. The molecule has 0 saturated heterocycles. The van der Waals surface area contributed by atoms with Gasteiger partial charge in [0.15, 0.2) is 16.7 Å². The summed E-state index contributed by atoms with van der Waals surface area (Å²) in [5.74, 6) is 0.831. The van der Waals surface area contributed by atoms with Gasteiger partial charge in [0, 0.05) is 0 Å². The molecule has 5 nitrogen and oxygen atoms in total. The maximum absolute atomic E-state index is 11.7. The van der Waals surface area contributed by atoms with E-state index in [1.807, 2.05) is 25.1 Å². The van der Waals surface area contributed by atoms with E-state index >= 15 is 0 Å². The molecule has 2 N–H and O–H groups in total. The summed E-state index contributed by atoms with van der Waals surface area (Å²) in [4.78, 5) is 15.9. The normalized spacial score (nSPS) is 15.1. The van der Waals surface area contributed by atoms with Crippen molar-refractivity contribution in [2.24, 2.45) is 10.7 Å². The van der Waals surface area contributed by atoms with Gasteiger partial charge in [0.2, 0.25) is 0 Å². The second-order valence-electron chi connectivity index (χ2n) is 5.54. The van der Waals surface area contributed by atoms with E-state index < -0.39 is 0 Å². The molecule has 2 aromatic carbocycles. The predicted molar refractivity (Wildman–Crippen MR) is 111 cm³/mol. The second-order valence-corrected chi connectivity index (χ2v) is 7.42. The van der Waals surface area contributed by atoms with Gasteiger partial charge < -0.3 is 15.2 Å². The molecule has 0 unspecified atom stereocenters. The van der Waals surface area contributed by atoms with E-state index in [-0.39, 0.29) is 11.1 Å². The molecule has 0 saturated carbocycles. The number of carbonyl (C=O) groups excluding carboxylic acids is 1. The number of hydrogen-bond acceptors (Lipinski definition) is 5. The molecule has 0 bridgehead atoms. The van der Waals surface area contributed by atoms with Crippen molar-refractivity contribution in [3.8, 4) is 11.5 Å². The summed E-state index contributed by atoms with van der Waals surface area (Å²) in [6, 6.07) is 10.8. The fraction of sp³-hybridized carbons (Fsp3) is 0.158. The number of ether oxygens (including phenoxy) is 2. The van der Waals surface area contributed by atoms with Crippen LogP contribution in [0.25, 0.3) is 6.08 Å². The van der Waals surface area contributed by atoms with Crippen LogP contribution >= 0.6 is 35.0 Å². The molecule has 0 aliphatic carbocycles. The van der Waals surface area contributed by atoms with E-state index in [0.29, 0.717) is 39.7 Å². The summed E-state index contributed by atoms with van der Waals surface area (Å²) in [5.41, 5.74) is 7.25. The Hall–Kier alpha value is -2.15. The highest BCUT2D eigenvalue weighted by Crippen LogP contribution is 2.33. The maximum atomic E-state index is 11.7. The van der Waals surface area contributed by atoms with Crippen LogP contribution in [0.4, 0.5) is 0 Å². The van der Waals surface area contributed by atoms with Crippen molar-refractivity contribution >= 4 is 52.1 Å². The van der Waals surface area contributed by atoms with E-state index in [9.17, 15) is 4.79 Å². The van der Waals surface area contributed by atoms with Gasteiger partial charge in [-0.15, -0.1) is 0 Å². The molecule has 1 aliphatic rings. The van der Waals surface area contributed by atoms with Gasteiger partial charge in [0.1, 0.15) is 6.61 Å². The summed E-state index contributed by atoms with van der Waals surface area (Å²) >= 11 is 13.1. The Morgan fingerprint density at radius 2 is 1.93 bits per heavy atom. The van der Waals surface area contributed by atoms with Crippen molar-refractivity contribution in [2.45, 2.75) is 13.5 Å². The van der Waals surface area contributed by atoms with Gasteiger partial charge in [-0.2, -0.15) is 4.99 Å². The van der Waals surface area contributed by atoms with E-state index in [4.69, 9.17) is 38.4 Å². The highest BCUT2D eigenvalue weighted by atomic mass is 35.5. The third kappa shape index (κ3) is 4.97. The highest BCUT2D eigenvalue weighted by Gasteiger charge is 2.19. The SMILES string of the molecule is CCOc1cc(/C=C2\SC(N)=NC2=O)ccc1OCc1ccc(Cl)c(Cl)c1. The van der Waals surface area contributed by atoms with E-state index in [1.165, 1.54) is 0 Å². The van der Waals surface area contributed by atoms with Gasteiger partial charge in [0.25, 0.3) is 5.91 Å². The van der Waals surface area contributed by atoms with Crippen LogP contribution in [-0.4, -0.2) is 17.7 Å². The summed E-state index contributed by atoms with van der Waals surface area (Å²) in [6.45, 7) is 2.68. The number of nitrogens with two attached hydrogens (primary N) is 1. The minimum Gasteiger partial charge on any atom is -0.490 e. The van der Waals surface area contributed by atoms with Gasteiger partial charge >= 0.3 is 0 Å². The number of amides is 1. The monoisotopic (exact) mass is 422 g/mol. The van der Waals surface area contributed by atoms with Crippen molar-refractivity contribution in [3.05, 3.63) is 62.5 Å². The first-order valence-electron chi connectivity index (χ1n) is 8.08. The minimum absolute atomic E-state index is 0.248. The van der Waals surface area contributed by atoms with Crippen molar-refractivity contribution in [1.29, 1.82) is 0 Å². The molecular formula is C19H16Cl2N2O3S. The highest BCUT2D eigenvalue weighted by molar-refractivity contribution is 8.18. The Balaban J connectivity index is 1.78. The lowest BCUT2D eigenvalue weighted by Gasteiger charge is -2.13. The number of thioether (sulfide) groups is 1. The quantitative estimate of drug-likeness (QED) is 0.669. The number of amidine groups is 1. The molecule has 0 fully saturated rings. The summed E-state index contributed by atoms with van der Waals surface area (Å²) in [6.07, 6.45) is 1.72. The molecule has 1 amide bonds. The molecule has 0 radical (unpaired) electrons. The van der Waals surface area contributed by atoms with Gasteiger partial charge in [-0.05, 0) is 60.2 Å². The molecule has 27 heavy (non-hydrogen) atoms. The average Bonchev–Trinajstić information content (AvgIpc) is 2.94. The van der Waals surface area contributed by atoms with Crippen LogP contribution in [0.3, 0.4) is 0 Å². The van der Waals surface area contributed by atoms with Gasteiger partial charge in [-0.3, -0.25) is 4.79 Å². The lowest BCUT2D eigenvalue weighted by Crippen LogP contribution is -2.01. The third-order valence-electron chi connectivity index (χ3n) is 3.58. The fourth-order valence-electron chi connectivity index (χ4n) is 2.37. The van der Waals surface area contributed by atoms with Crippen molar-refractivity contribution in [2.75, 3.05) is 6.61 Å². The minimum atomic E-state index is -0.338. The molecule has 0 aromatic heterocycles. The van der Waals surface area contributed by atoms with E-state index in [1.54, 1.807) is 24.3 Å². The Labute approximate surface area is 171 Å². The van der Waals surface area contributed by atoms with Crippen LogP contribution in [0.1, 0.15) is 18.1 Å². The molecule has 140 valence electrons. The first-order chi connectivity index (χ1) is 13.0. The van der Waals surface area contributed by atoms with Crippen LogP contribution in [0.2, 0.25) is 10.0 Å². The number of nitrogens with zero attached hydrogens (tertiary/aromatic N) is 1. The fourth-order valence-corrected chi connectivity index (χ4v) is 3.37. The first kappa shape index (κ1) is 19.6. The van der Waals surface area contributed by atoms with Crippen LogP contribution in [0, 0.1) is 0 Å². The van der Waals surface area contributed by atoms with Crippen LogP contribution in [0.5, 0.6) is 11.5 Å². The molecule has 0 atom stereocenters. The molecule has 1 aliphatic heterocycles.